The highest BCUT2D eigenvalue weighted by Crippen LogP contribution is 2.37. The lowest BCUT2D eigenvalue weighted by Gasteiger charge is -2.45. The molecule has 0 unspecified atom stereocenters. The molecular formula is C21H24N8O2. The lowest BCUT2D eigenvalue weighted by atomic mass is 9.74. The fraction of sp³-hybridized carbons (Fsp3) is 0.381. The van der Waals surface area contributed by atoms with Crippen molar-refractivity contribution in [3.63, 3.8) is 0 Å². The van der Waals surface area contributed by atoms with Crippen LogP contribution in [0.3, 0.4) is 0 Å². The zero-order valence-electron chi connectivity index (χ0n) is 17.6. The van der Waals surface area contributed by atoms with E-state index in [-0.39, 0.29) is 17.5 Å². The molecule has 0 aromatic carbocycles. The number of methoxy groups -OCH3 is 1. The number of anilines is 1. The van der Waals surface area contributed by atoms with Gasteiger partial charge in [-0.25, -0.2) is 9.50 Å². The Kier molecular flexibility index (Phi) is 4.49. The Labute approximate surface area is 178 Å². The van der Waals surface area contributed by atoms with Gasteiger partial charge in [0.05, 0.1) is 12.5 Å². The van der Waals surface area contributed by atoms with E-state index >= 15 is 0 Å². The molecule has 10 nitrogen and oxygen atoms in total. The number of H-pyrrole nitrogens is 1. The quantitative estimate of drug-likeness (QED) is 0.438. The first kappa shape index (κ1) is 19.3. The summed E-state index contributed by atoms with van der Waals surface area (Å²) in [4.78, 5) is 28.4. The Morgan fingerprint density at radius 3 is 3.00 bits per heavy atom. The summed E-state index contributed by atoms with van der Waals surface area (Å²) in [5, 5.41) is 11.4. The highest BCUT2D eigenvalue weighted by molar-refractivity contribution is 5.98. The van der Waals surface area contributed by atoms with Crippen molar-refractivity contribution >= 4 is 28.5 Å². The van der Waals surface area contributed by atoms with Crippen LogP contribution < -0.4 is 15.4 Å². The molecule has 0 bridgehead atoms. The minimum Gasteiger partial charge on any atom is -0.480 e. The number of amides is 1. The highest BCUT2D eigenvalue weighted by Gasteiger charge is 2.41. The zero-order valence-corrected chi connectivity index (χ0v) is 17.6. The standard InChI is InChI=1S/C21H24N8O2/c1-4-16(30)28-21(2)8-13(9-21)25-20-26-18-17(19(27-20)31-3)14(10-22-18)12-5-6-29-15(7-12)23-11-24-29/h5-7,10-11,13H,4,8-9H2,1-3H3,(H,28,30)(H2,22,25,26,27). The number of ether oxygens (including phenoxy) is 1. The van der Waals surface area contributed by atoms with Crippen LogP contribution in [0.5, 0.6) is 5.88 Å². The molecule has 1 saturated carbocycles. The van der Waals surface area contributed by atoms with E-state index in [2.05, 4.69) is 42.6 Å². The molecule has 4 aromatic rings. The SMILES string of the molecule is CCC(=O)NC1(C)CC(Nc2nc(OC)c3c(-c4ccn5ncnc5c4)c[nH]c3n2)C1. The van der Waals surface area contributed by atoms with Gasteiger partial charge in [0.1, 0.15) is 12.0 Å². The lowest BCUT2D eigenvalue weighted by Crippen LogP contribution is -2.59. The number of aromatic nitrogens is 6. The van der Waals surface area contributed by atoms with Gasteiger partial charge in [0, 0.05) is 36.0 Å². The molecule has 160 valence electrons. The van der Waals surface area contributed by atoms with Gasteiger partial charge in [0.15, 0.2) is 5.65 Å². The van der Waals surface area contributed by atoms with E-state index in [9.17, 15) is 4.79 Å². The van der Waals surface area contributed by atoms with Crippen molar-refractivity contribution in [3.05, 3.63) is 30.9 Å². The van der Waals surface area contributed by atoms with Crippen molar-refractivity contribution in [2.45, 2.75) is 44.7 Å². The molecule has 0 atom stereocenters. The Hall–Kier alpha value is -3.69. The highest BCUT2D eigenvalue weighted by atomic mass is 16.5. The molecule has 0 radical (unpaired) electrons. The summed E-state index contributed by atoms with van der Waals surface area (Å²) in [6, 6.07) is 4.12. The van der Waals surface area contributed by atoms with Crippen LogP contribution in [0.4, 0.5) is 5.95 Å². The average Bonchev–Trinajstić information content (AvgIpc) is 3.38. The normalized spacial score (nSPS) is 20.5. The molecule has 5 rings (SSSR count). The Morgan fingerprint density at radius 2 is 2.23 bits per heavy atom. The third-order valence-electron chi connectivity index (χ3n) is 5.77. The molecule has 0 aliphatic heterocycles. The number of pyridine rings is 1. The predicted molar refractivity (Wildman–Crippen MR) is 116 cm³/mol. The summed E-state index contributed by atoms with van der Waals surface area (Å²) >= 11 is 0. The minimum absolute atomic E-state index is 0.0727. The zero-order chi connectivity index (χ0) is 21.6. The monoisotopic (exact) mass is 420 g/mol. The van der Waals surface area contributed by atoms with Gasteiger partial charge in [-0.1, -0.05) is 6.92 Å². The molecule has 3 N–H and O–H groups in total. The molecule has 10 heteroatoms. The van der Waals surface area contributed by atoms with Crippen LogP contribution in [0.2, 0.25) is 0 Å². The maximum absolute atomic E-state index is 11.7. The molecule has 1 fully saturated rings. The van der Waals surface area contributed by atoms with E-state index < -0.39 is 0 Å². The van der Waals surface area contributed by atoms with Crippen LogP contribution >= 0.6 is 0 Å². The van der Waals surface area contributed by atoms with Crippen LogP contribution in [-0.4, -0.2) is 54.1 Å². The number of carbonyl (C=O) groups excluding carboxylic acids is 1. The number of carbonyl (C=O) groups is 1. The Morgan fingerprint density at radius 1 is 1.39 bits per heavy atom. The fourth-order valence-electron chi connectivity index (χ4n) is 4.26. The summed E-state index contributed by atoms with van der Waals surface area (Å²) < 4.78 is 7.31. The average molecular weight is 420 g/mol. The van der Waals surface area contributed by atoms with Crippen LogP contribution in [0.15, 0.2) is 30.9 Å². The van der Waals surface area contributed by atoms with Gasteiger partial charge < -0.3 is 20.4 Å². The number of hydrogen-bond acceptors (Lipinski definition) is 7. The number of nitrogens with one attached hydrogen (secondary N) is 3. The Bertz CT molecular complexity index is 1270. The number of aromatic amines is 1. The van der Waals surface area contributed by atoms with Crippen molar-refractivity contribution in [1.29, 1.82) is 0 Å². The van der Waals surface area contributed by atoms with E-state index in [1.807, 2.05) is 31.5 Å². The van der Waals surface area contributed by atoms with E-state index in [1.165, 1.54) is 6.33 Å². The summed E-state index contributed by atoms with van der Waals surface area (Å²) in [5.74, 6) is 1.06. The molecule has 4 heterocycles. The fourth-order valence-corrected chi connectivity index (χ4v) is 4.26. The van der Waals surface area contributed by atoms with E-state index in [0.29, 0.717) is 23.9 Å². The van der Waals surface area contributed by atoms with E-state index in [4.69, 9.17) is 4.74 Å². The molecule has 0 saturated heterocycles. The van der Waals surface area contributed by atoms with Gasteiger partial charge in [-0.05, 0) is 37.5 Å². The predicted octanol–water partition coefficient (Wildman–Crippen LogP) is 2.54. The number of fused-ring (bicyclic) bond motifs is 2. The van der Waals surface area contributed by atoms with Crippen molar-refractivity contribution < 1.29 is 9.53 Å². The maximum Gasteiger partial charge on any atom is 0.228 e. The largest absolute Gasteiger partial charge is 0.480 e. The van der Waals surface area contributed by atoms with Crippen molar-refractivity contribution in [2.75, 3.05) is 12.4 Å². The van der Waals surface area contributed by atoms with Gasteiger partial charge >= 0.3 is 0 Å². The van der Waals surface area contributed by atoms with Gasteiger partial charge in [-0.2, -0.15) is 15.1 Å². The van der Waals surface area contributed by atoms with Crippen molar-refractivity contribution in [3.8, 4) is 17.0 Å². The third-order valence-corrected chi connectivity index (χ3v) is 5.77. The molecule has 0 spiro atoms. The van der Waals surface area contributed by atoms with Gasteiger partial charge in [0.2, 0.25) is 17.7 Å². The number of hydrogen-bond donors (Lipinski definition) is 3. The first-order chi connectivity index (χ1) is 15.0. The summed E-state index contributed by atoms with van der Waals surface area (Å²) in [7, 11) is 1.60. The Balaban J connectivity index is 1.41. The summed E-state index contributed by atoms with van der Waals surface area (Å²) in [6.07, 6.45) is 7.41. The van der Waals surface area contributed by atoms with Crippen molar-refractivity contribution in [1.82, 2.24) is 34.9 Å². The minimum atomic E-state index is -0.182. The van der Waals surface area contributed by atoms with Crippen molar-refractivity contribution in [2.24, 2.45) is 0 Å². The van der Waals surface area contributed by atoms with Gasteiger partial charge in [0.25, 0.3) is 0 Å². The number of rotatable bonds is 6. The second kappa shape index (κ2) is 7.22. The maximum atomic E-state index is 11.7. The molecule has 1 aliphatic rings. The molecule has 4 aromatic heterocycles. The van der Waals surface area contributed by atoms with E-state index in [1.54, 1.807) is 11.6 Å². The van der Waals surface area contributed by atoms with Crippen LogP contribution in [-0.2, 0) is 4.79 Å². The molecule has 1 amide bonds. The summed E-state index contributed by atoms with van der Waals surface area (Å²) in [6.45, 7) is 3.92. The number of nitrogens with zero attached hydrogens (tertiary/aromatic N) is 5. The molecule has 1 aliphatic carbocycles. The summed E-state index contributed by atoms with van der Waals surface area (Å²) in [5.41, 5.74) is 3.16. The van der Waals surface area contributed by atoms with Gasteiger partial charge in [-0.15, -0.1) is 0 Å². The second-order valence-electron chi connectivity index (χ2n) is 8.17. The van der Waals surface area contributed by atoms with Crippen LogP contribution in [0.1, 0.15) is 33.1 Å². The molecule has 31 heavy (non-hydrogen) atoms. The second-order valence-corrected chi connectivity index (χ2v) is 8.17. The first-order valence-corrected chi connectivity index (χ1v) is 10.3. The van der Waals surface area contributed by atoms with Gasteiger partial charge in [-0.3, -0.25) is 4.79 Å². The van der Waals surface area contributed by atoms with Crippen LogP contribution in [0, 0.1) is 0 Å². The topological polar surface area (TPSA) is 122 Å². The third kappa shape index (κ3) is 3.43. The molecular weight excluding hydrogens is 396 g/mol. The lowest BCUT2D eigenvalue weighted by molar-refractivity contribution is -0.123. The smallest absolute Gasteiger partial charge is 0.228 e. The van der Waals surface area contributed by atoms with E-state index in [0.717, 1.165) is 35.0 Å². The van der Waals surface area contributed by atoms with Crippen LogP contribution in [0.25, 0.3) is 27.8 Å². The first-order valence-electron chi connectivity index (χ1n) is 10.3.